The standard InChI is InChI=1S/C22H18ClNO6/c23-18-6-2-1-5-16(18)21(26)29-14-8-7-13-10-17(22(27)30-19(13)11-14)20(25)24-12-15-4-3-9-28-15/h1-2,5-8,10-11,15H,3-4,9,12H2,(H,24,25). The van der Waals surface area contributed by atoms with Gasteiger partial charge in [0.2, 0.25) is 0 Å². The second-order valence-corrected chi connectivity index (χ2v) is 7.27. The fourth-order valence-electron chi connectivity index (χ4n) is 3.21. The maximum Gasteiger partial charge on any atom is 0.349 e. The first-order chi connectivity index (χ1) is 14.5. The van der Waals surface area contributed by atoms with E-state index in [-0.39, 0.29) is 33.6 Å². The minimum absolute atomic E-state index is 0.0307. The summed E-state index contributed by atoms with van der Waals surface area (Å²) < 4.78 is 16.1. The molecule has 1 fully saturated rings. The number of ether oxygens (including phenoxy) is 2. The predicted octanol–water partition coefficient (Wildman–Crippen LogP) is 3.57. The van der Waals surface area contributed by atoms with Crippen molar-refractivity contribution in [3.63, 3.8) is 0 Å². The number of rotatable bonds is 5. The number of esters is 1. The zero-order chi connectivity index (χ0) is 21.1. The summed E-state index contributed by atoms with van der Waals surface area (Å²) in [7, 11) is 0. The molecule has 1 aliphatic heterocycles. The van der Waals surface area contributed by atoms with Crippen LogP contribution >= 0.6 is 11.6 Å². The summed E-state index contributed by atoms with van der Waals surface area (Å²) in [6.07, 6.45) is 1.81. The van der Waals surface area contributed by atoms with Crippen molar-refractivity contribution in [2.24, 2.45) is 0 Å². The Hall–Kier alpha value is -3.16. The summed E-state index contributed by atoms with van der Waals surface area (Å²) >= 11 is 6.01. The van der Waals surface area contributed by atoms with Crippen LogP contribution in [0.15, 0.2) is 57.7 Å². The average molecular weight is 428 g/mol. The van der Waals surface area contributed by atoms with Crippen LogP contribution < -0.4 is 15.7 Å². The molecule has 1 aliphatic rings. The molecule has 0 radical (unpaired) electrons. The first-order valence-electron chi connectivity index (χ1n) is 9.46. The number of carbonyl (C=O) groups is 2. The van der Waals surface area contributed by atoms with E-state index >= 15 is 0 Å². The van der Waals surface area contributed by atoms with Gasteiger partial charge in [-0.3, -0.25) is 4.79 Å². The van der Waals surface area contributed by atoms with Gasteiger partial charge in [0, 0.05) is 24.6 Å². The molecule has 154 valence electrons. The lowest BCUT2D eigenvalue weighted by Crippen LogP contribution is -2.34. The number of benzene rings is 2. The second kappa shape index (κ2) is 8.69. The second-order valence-electron chi connectivity index (χ2n) is 6.86. The van der Waals surface area contributed by atoms with Gasteiger partial charge in [-0.05, 0) is 43.2 Å². The van der Waals surface area contributed by atoms with Crippen LogP contribution in [0.25, 0.3) is 11.0 Å². The summed E-state index contributed by atoms with van der Waals surface area (Å²) in [5.74, 6) is -0.964. The SMILES string of the molecule is O=C(Oc1ccc2cc(C(=O)NCC3CCCO3)c(=O)oc2c1)c1ccccc1Cl. The number of halogens is 1. The van der Waals surface area contributed by atoms with Crippen molar-refractivity contribution in [2.45, 2.75) is 18.9 Å². The van der Waals surface area contributed by atoms with Crippen molar-refractivity contribution in [3.05, 3.63) is 75.1 Å². The molecule has 1 N–H and O–H groups in total. The zero-order valence-corrected chi connectivity index (χ0v) is 16.6. The third-order valence-corrected chi connectivity index (χ3v) is 5.10. The van der Waals surface area contributed by atoms with Gasteiger partial charge in [-0.25, -0.2) is 9.59 Å². The van der Waals surface area contributed by atoms with Crippen LogP contribution in [0.1, 0.15) is 33.6 Å². The number of carbonyl (C=O) groups excluding carboxylic acids is 2. The first-order valence-corrected chi connectivity index (χ1v) is 9.83. The molecule has 4 rings (SSSR count). The van der Waals surface area contributed by atoms with Gasteiger partial charge in [0.15, 0.2) is 0 Å². The minimum atomic E-state index is -0.776. The van der Waals surface area contributed by atoms with Crippen LogP contribution in [-0.4, -0.2) is 31.1 Å². The number of nitrogens with one attached hydrogen (secondary N) is 1. The highest BCUT2D eigenvalue weighted by Crippen LogP contribution is 2.23. The molecule has 0 aliphatic carbocycles. The number of amides is 1. The Morgan fingerprint density at radius 3 is 2.73 bits per heavy atom. The summed E-state index contributed by atoms with van der Waals surface area (Å²) in [5.41, 5.74) is -0.456. The van der Waals surface area contributed by atoms with Crippen molar-refractivity contribution in [2.75, 3.05) is 13.2 Å². The third-order valence-electron chi connectivity index (χ3n) is 4.77. The summed E-state index contributed by atoms with van der Waals surface area (Å²) in [6.45, 7) is 1.02. The smallest absolute Gasteiger partial charge is 0.349 e. The Balaban J connectivity index is 1.52. The van der Waals surface area contributed by atoms with Gasteiger partial charge in [-0.2, -0.15) is 0 Å². The van der Waals surface area contributed by atoms with E-state index in [4.69, 9.17) is 25.5 Å². The zero-order valence-electron chi connectivity index (χ0n) is 15.9. The van der Waals surface area contributed by atoms with Gasteiger partial charge in [0.25, 0.3) is 5.91 Å². The minimum Gasteiger partial charge on any atom is -0.423 e. The highest BCUT2D eigenvalue weighted by atomic mass is 35.5. The Morgan fingerprint density at radius 1 is 1.13 bits per heavy atom. The van der Waals surface area contributed by atoms with E-state index < -0.39 is 17.5 Å². The van der Waals surface area contributed by atoms with Crippen LogP contribution in [0.4, 0.5) is 0 Å². The van der Waals surface area contributed by atoms with Gasteiger partial charge in [-0.1, -0.05) is 23.7 Å². The van der Waals surface area contributed by atoms with Crippen molar-refractivity contribution >= 4 is 34.4 Å². The molecule has 8 heteroatoms. The quantitative estimate of drug-likeness (QED) is 0.380. The van der Waals surface area contributed by atoms with Crippen LogP contribution in [-0.2, 0) is 4.74 Å². The third kappa shape index (κ3) is 4.37. The Bertz CT molecular complexity index is 1170. The summed E-state index contributed by atoms with van der Waals surface area (Å²) in [6, 6.07) is 12.5. The molecule has 1 amide bonds. The fraction of sp³-hybridized carbons (Fsp3) is 0.227. The molecule has 0 bridgehead atoms. The molecule has 0 saturated carbocycles. The monoisotopic (exact) mass is 427 g/mol. The van der Waals surface area contributed by atoms with Crippen LogP contribution in [0.5, 0.6) is 5.75 Å². The van der Waals surface area contributed by atoms with Gasteiger partial charge in [-0.15, -0.1) is 0 Å². The largest absolute Gasteiger partial charge is 0.423 e. The number of hydrogen-bond acceptors (Lipinski definition) is 6. The molecular weight excluding hydrogens is 410 g/mol. The molecular formula is C22H18ClNO6. The normalized spacial score (nSPS) is 15.8. The van der Waals surface area contributed by atoms with E-state index in [1.54, 1.807) is 36.4 Å². The van der Waals surface area contributed by atoms with E-state index in [9.17, 15) is 14.4 Å². The lowest BCUT2D eigenvalue weighted by atomic mass is 10.1. The maximum absolute atomic E-state index is 12.4. The predicted molar refractivity (Wildman–Crippen MR) is 110 cm³/mol. The Labute approximate surface area is 176 Å². The van der Waals surface area contributed by atoms with Crippen LogP contribution in [0.2, 0.25) is 5.02 Å². The lowest BCUT2D eigenvalue weighted by molar-refractivity contribution is 0.0735. The molecule has 1 aromatic heterocycles. The van der Waals surface area contributed by atoms with Gasteiger partial charge < -0.3 is 19.2 Å². The highest BCUT2D eigenvalue weighted by molar-refractivity contribution is 6.33. The number of hydrogen-bond donors (Lipinski definition) is 1. The number of fused-ring (bicyclic) bond motifs is 1. The molecule has 1 saturated heterocycles. The fourth-order valence-corrected chi connectivity index (χ4v) is 3.42. The molecule has 2 aromatic carbocycles. The van der Waals surface area contributed by atoms with Gasteiger partial charge in [0.05, 0.1) is 16.7 Å². The molecule has 3 aromatic rings. The van der Waals surface area contributed by atoms with Crippen LogP contribution in [0.3, 0.4) is 0 Å². The Morgan fingerprint density at radius 2 is 1.97 bits per heavy atom. The van der Waals surface area contributed by atoms with Crippen molar-refractivity contribution in [3.8, 4) is 5.75 Å². The van der Waals surface area contributed by atoms with Crippen LogP contribution in [0, 0.1) is 0 Å². The maximum atomic E-state index is 12.4. The topological polar surface area (TPSA) is 94.8 Å². The Kier molecular flexibility index (Phi) is 5.83. The molecule has 30 heavy (non-hydrogen) atoms. The molecule has 7 nitrogen and oxygen atoms in total. The first kappa shape index (κ1) is 20.1. The van der Waals surface area contributed by atoms with Crippen molar-refractivity contribution in [1.29, 1.82) is 0 Å². The summed E-state index contributed by atoms with van der Waals surface area (Å²) in [4.78, 5) is 36.9. The lowest BCUT2D eigenvalue weighted by Gasteiger charge is -2.10. The molecule has 1 atom stereocenters. The van der Waals surface area contributed by atoms with E-state index in [1.165, 1.54) is 12.1 Å². The van der Waals surface area contributed by atoms with E-state index in [2.05, 4.69) is 5.32 Å². The van der Waals surface area contributed by atoms with E-state index in [1.807, 2.05) is 0 Å². The van der Waals surface area contributed by atoms with Crippen molar-refractivity contribution in [1.82, 2.24) is 5.32 Å². The van der Waals surface area contributed by atoms with E-state index in [0.29, 0.717) is 18.5 Å². The highest BCUT2D eigenvalue weighted by Gasteiger charge is 2.19. The van der Waals surface area contributed by atoms with Gasteiger partial charge in [0.1, 0.15) is 16.9 Å². The summed E-state index contributed by atoms with van der Waals surface area (Å²) in [5, 5.41) is 3.50. The molecule has 0 spiro atoms. The van der Waals surface area contributed by atoms with E-state index in [0.717, 1.165) is 12.8 Å². The average Bonchev–Trinajstić information content (AvgIpc) is 3.25. The van der Waals surface area contributed by atoms with Crippen molar-refractivity contribution < 1.29 is 23.5 Å². The molecule has 1 unspecified atom stereocenters. The van der Waals surface area contributed by atoms with Gasteiger partial charge >= 0.3 is 11.6 Å². The molecule has 2 heterocycles.